The van der Waals surface area contributed by atoms with Crippen molar-refractivity contribution in [1.29, 1.82) is 0 Å². The molecule has 0 fully saturated rings. The average molecular weight is 563 g/mol. The standard InChI is InChI=1S/C12H5F12O.Ag.BH3O3/c13-8(14,15)5-25-9(11(19,20)21,12(22,23)24)6-2-1-3-7(4-6)10(16,17)18;;2-1(3)4/h2-4H,5H2;;2-4H. The van der Waals surface area contributed by atoms with Gasteiger partial charge in [0.15, 0.2) is 0 Å². The Labute approximate surface area is 171 Å². The van der Waals surface area contributed by atoms with Gasteiger partial charge >= 0.3 is 156 Å². The molecule has 0 amide bonds. The van der Waals surface area contributed by atoms with E-state index >= 15 is 0 Å². The molecule has 0 spiro atoms. The van der Waals surface area contributed by atoms with E-state index in [1.807, 2.05) is 0 Å². The van der Waals surface area contributed by atoms with E-state index in [-0.39, 0.29) is 12.1 Å². The van der Waals surface area contributed by atoms with Crippen LogP contribution in [0, 0.1) is 0 Å². The Hall–Kier alpha value is -0.975. The van der Waals surface area contributed by atoms with Crippen LogP contribution in [0.5, 0.6) is 0 Å². The first-order chi connectivity index (χ1) is 13.0. The van der Waals surface area contributed by atoms with Crippen molar-refractivity contribution >= 4 is 11.1 Å². The molecule has 0 aromatic heterocycles. The Morgan fingerprint density at radius 1 is 0.733 bits per heavy atom. The first-order valence-electron chi connectivity index (χ1n) is 6.77. The Balaban J connectivity index is 0.00000192. The van der Waals surface area contributed by atoms with Gasteiger partial charge < -0.3 is 15.1 Å². The zero-order valence-electron chi connectivity index (χ0n) is 13.6. The normalized spacial score (nSPS) is 13.6. The summed E-state index contributed by atoms with van der Waals surface area (Å²) in [5.74, 6) is 0. The van der Waals surface area contributed by atoms with Gasteiger partial charge in [0.05, 0.1) is 0 Å². The second kappa shape index (κ2) is 9.66. The minimum atomic E-state index is -6.56. The van der Waals surface area contributed by atoms with E-state index in [2.05, 4.69) is 25.8 Å². The van der Waals surface area contributed by atoms with Crippen LogP contribution in [0.15, 0.2) is 18.2 Å². The van der Waals surface area contributed by atoms with Crippen molar-refractivity contribution in [2.24, 2.45) is 0 Å². The Bertz CT molecular complexity index is 682. The van der Waals surface area contributed by atoms with Crippen LogP contribution in [0.25, 0.3) is 0 Å². The molecule has 0 unspecified atom stereocenters. The largest absolute Gasteiger partial charge is 0.631 e. The Kier molecular flexibility index (Phi) is 9.35. The fourth-order valence-corrected chi connectivity index (χ4v) is 2.32. The van der Waals surface area contributed by atoms with E-state index < -0.39 is 65.2 Å². The van der Waals surface area contributed by atoms with Crippen LogP contribution in [0.3, 0.4) is 0 Å². The first kappa shape index (κ1) is 29.0. The molecular formula is C12H8AgBF12O4. The number of benzene rings is 1. The molecule has 1 rings (SSSR count). The van der Waals surface area contributed by atoms with E-state index in [0.717, 1.165) is 0 Å². The van der Waals surface area contributed by atoms with Gasteiger partial charge in [0.2, 0.25) is 0 Å². The predicted molar refractivity (Wildman–Crippen MR) is 69.3 cm³/mol. The number of hydrogen-bond donors (Lipinski definition) is 3. The molecule has 0 saturated carbocycles. The van der Waals surface area contributed by atoms with Crippen molar-refractivity contribution in [3.8, 4) is 0 Å². The van der Waals surface area contributed by atoms with Crippen molar-refractivity contribution in [2.45, 2.75) is 30.3 Å². The molecule has 0 radical (unpaired) electrons. The monoisotopic (exact) mass is 562 g/mol. The SMILES string of the molecule is FC(F)(F)COC(c1c[c]([Ag])cc(C(F)(F)F)c1)(C(F)(F)F)C(F)(F)F.OB(O)O. The van der Waals surface area contributed by atoms with Gasteiger partial charge in [-0.15, -0.1) is 0 Å². The van der Waals surface area contributed by atoms with E-state index in [0.29, 0.717) is 0 Å². The summed E-state index contributed by atoms with van der Waals surface area (Å²) in [5.41, 5.74) is -9.78. The van der Waals surface area contributed by atoms with E-state index in [9.17, 15) is 52.7 Å². The van der Waals surface area contributed by atoms with Crippen molar-refractivity contribution in [3.05, 3.63) is 29.3 Å². The third kappa shape index (κ3) is 7.94. The maximum Gasteiger partial charge on any atom is 0.631 e. The van der Waals surface area contributed by atoms with Gasteiger partial charge in [-0.25, -0.2) is 0 Å². The topological polar surface area (TPSA) is 69.9 Å². The molecule has 0 heterocycles. The number of hydrogen-bond acceptors (Lipinski definition) is 4. The minimum Gasteiger partial charge on any atom is -0.402 e. The smallest absolute Gasteiger partial charge is 0.402 e. The van der Waals surface area contributed by atoms with Crippen molar-refractivity contribution < 1.29 is 93.6 Å². The molecule has 18 heteroatoms. The number of ether oxygens (including phenoxy) is 1. The van der Waals surface area contributed by atoms with Gasteiger partial charge in [0, 0.05) is 0 Å². The number of halogens is 12. The summed E-state index contributed by atoms with van der Waals surface area (Å²) in [5, 5.41) is 21.5. The Morgan fingerprint density at radius 3 is 1.40 bits per heavy atom. The summed E-state index contributed by atoms with van der Waals surface area (Å²) in [6.07, 6.45) is -24.1. The zero-order chi connectivity index (χ0) is 24.3. The first-order valence-corrected chi connectivity index (χ1v) is 7.51. The molecule has 4 nitrogen and oxygen atoms in total. The second-order valence-electron chi connectivity index (χ2n) is 5.11. The van der Waals surface area contributed by atoms with Gasteiger partial charge in [-0.1, -0.05) is 0 Å². The molecule has 3 N–H and O–H groups in total. The van der Waals surface area contributed by atoms with Gasteiger partial charge in [-0.2, -0.15) is 0 Å². The summed E-state index contributed by atoms with van der Waals surface area (Å²) >= 11 is 2.33. The van der Waals surface area contributed by atoms with Crippen LogP contribution in [-0.4, -0.2) is 47.5 Å². The Morgan fingerprint density at radius 2 is 1.10 bits per heavy atom. The molecule has 0 aliphatic rings. The maximum atomic E-state index is 13.2. The summed E-state index contributed by atoms with van der Waals surface area (Å²) in [4.78, 5) is 0. The van der Waals surface area contributed by atoms with Crippen LogP contribution in [-0.2, 0) is 37.6 Å². The number of rotatable bonds is 3. The quantitative estimate of drug-likeness (QED) is 0.392. The third-order valence-electron chi connectivity index (χ3n) is 2.86. The minimum absolute atomic E-state index is 0.0501. The third-order valence-corrected chi connectivity index (χ3v) is 3.29. The maximum absolute atomic E-state index is 13.2. The van der Waals surface area contributed by atoms with E-state index in [4.69, 9.17) is 15.1 Å². The zero-order valence-corrected chi connectivity index (χ0v) is 15.1. The predicted octanol–water partition coefficient (Wildman–Crippen LogP) is 2.72. The van der Waals surface area contributed by atoms with Gasteiger partial charge in [0.1, 0.15) is 0 Å². The fourth-order valence-electron chi connectivity index (χ4n) is 1.86. The van der Waals surface area contributed by atoms with Crippen LogP contribution < -0.4 is 3.78 Å². The molecule has 0 saturated heterocycles. The molecule has 30 heavy (non-hydrogen) atoms. The molecule has 0 aliphatic heterocycles. The van der Waals surface area contributed by atoms with Crippen LogP contribution in [0.2, 0.25) is 0 Å². The van der Waals surface area contributed by atoms with E-state index in [1.54, 1.807) is 0 Å². The molecule has 1 aromatic rings. The van der Waals surface area contributed by atoms with Crippen LogP contribution >= 0.6 is 0 Å². The molecule has 1 aromatic carbocycles. The van der Waals surface area contributed by atoms with Crippen molar-refractivity contribution in [2.75, 3.05) is 6.61 Å². The molecule has 0 bridgehead atoms. The molecular weight excluding hydrogens is 555 g/mol. The van der Waals surface area contributed by atoms with Crippen molar-refractivity contribution in [1.82, 2.24) is 0 Å². The van der Waals surface area contributed by atoms with Gasteiger partial charge in [-0.05, 0) is 0 Å². The van der Waals surface area contributed by atoms with Gasteiger partial charge in [-0.3, -0.25) is 0 Å². The van der Waals surface area contributed by atoms with Crippen LogP contribution in [0.1, 0.15) is 11.1 Å². The second-order valence-corrected chi connectivity index (χ2v) is 5.96. The van der Waals surface area contributed by atoms with Gasteiger partial charge in [0.25, 0.3) is 0 Å². The summed E-state index contributed by atoms with van der Waals surface area (Å²) < 4.78 is 156. The van der Waals surface area contributed by atoms with E-state index in [1.165, 1.54) is 0 Å². The fraction of sp³-hybridized carbons (Fsp3) is 0.500. The number of alkyl halides is 12. The molecule has 0 atom stereocenters. The van der Waals surface area contributed by atoms with Crippen molar-refractivity contribution in [3.63, 3.8) is 0 Å². The summed E-state index contributed by atoms with van der Waals surface area (Å²) in [6, 6.07) is -0.461. The summed E-state index contributed by atoms with van der Waals surface area (Å²) in [6.45, 7) is -3.00. The summed E-state index contributed by atoms with van der Waals surface area (Å²) in [7, 11) is -2.17. The molecule has 0 aliphatic carbocycles. The molecule has 178 valence electrons. The van der Waals surface area contributed by atoms with Crippen LogP contribution in [0.4, 0.5) is 52.7 Å². The average Bonchev–Trinajstić information content (AvgIpc) is 2.41.